The highest BCUT2D eigenvalue weighted by Crippen LogP contribution is 2.34. The van der Waals surface area contributed by atoms with Crippen LogP contribution in [0.3, 0.4) is 0 Å². The zero-order valence-corrected chi connectivity index (χ0v) is 15.1. The molecule has 140 valence electrons. The van der Waals surface area contributed by atoms with Gasteiger partial charge < -0.3 is 24.4 Å². The second-order valence-corrected chi connectivity index (χ2v) is 5.92. The van der Waals surface area contributed by atoms with Crippen molar-refractivity contribution in [2.75, 3.05) is 32.8 Å². The van der Waals surface area contributed by atoms with Gasteiger partial charge in [-0.2, -0.15) is 0 Å². The van der Waals surface area contributed by atoms with E-state index >= 15 is 0 Å². The molecule has 1 aliphatic heterocycles. The van der Waals surface area contributed by atoms with E-state index in [-0.39, 0.29) is 25.2 Å². The van der Waals surface area contributed by atoms with Crippen molar-refractivity contribution in [2.45, 2.75) is 0 Å². The van der Waals surface area contributed by atoms with Crippen molar-refractivity contribution in [1.82, 2.24) is 4.90 Å². The fraction of sp³-hybridized carbons (Fsp3) is 0.200. The summed E-state index contributed by atoms with van der Waals surface area (Å²) in [6.45, 7) is 0.0965. The number of methoxy groups -OCH3 is 1. The number of carbonyl (C=O) groups excluding carboxylic acids is 2. The summed E-state index contributed by atoms with van der Waals surface area (Å²) in [5.74, 6) is 1.35. The Hall–Kier alpha value is -3.48. The molecule has 2 aromatic carbocycles. The number of nitrogens with one attached hydrogen (secondary N) is 1. The van der Waals surface area contributed by atoms with Crippen LogP contribution in [-0.2, 0) is 9.59 Å². The molecule has 7 heteroatoms. The normalized spacial score (nSPS) is 12.1. The van der Waals surface area contributed by atoms with Gasteiger partial charge in [0.15, 0.2) is 11.5 Å². The molecule has 1 aliphatic rings. The van der Waals surface area contributed by atoms with Gasteiger partial charge in [0, 0.05) is 24.9 Å². The second kappa shape index (κ2) is 8.27. The van der Waals surface area contributed by atoms with E-state index in [4.69, 9.17) is 14.2 Å². The summed E-state index contributed by atoms with van der Waals surface area (Å²) < 4.78 is 15.7. The van der Waals surface area contributed by atoms with E-state index in [1.165, 1.54) is 11.0 Å². The van der Waals surface area contributed by atoms with E-state index in [0.29, 0.717) is 22.9 Å². The smallest absolute Gasteiger partial charge is 0.246 e. The lowest BCUT2D eigenvalue weighted by atomic mass is 10.2. The molecule has 0 aromatic heterocycles. The second-order valence-electron chi connectivity index (χ2n) is 5.92. The van der Waals surface area contributed by atoms with Gasteiger partial charge >= 0.3 is 0 Å². The van der Waals surface area contributed by atoms with E-state index in [2.05, 4.69) is 5.32 Å². The molecular formula is C20H20N2O5. The molecule has 3 rings (SSSR count). The maximum absolute atomic E-state index is 12.2. The molecule has 0 spiro atoms. The predicted octanol–water partition coefficient (Wildman–Crippen LogP) is 2.53. The highest BCUT2D eigenvalue weighted by molar-refractivity contribution is 5.98. The molecular weight excluding hydrogens is 348 g/mol. The number of likely N-dealkylation sites (N-methyl/N-ethyl adjacent to an activating group) is 1. The number of benzene rings is 2. The van der Waals surface area contributed by atoms with Crippen LogP contribution in [-0.4, -0.2) is 44.2 Å². The number of ether oxygens (including phenoxy) is 3. The fourth-order valence-electron chi connectivity index (χ4n) is 2.51. The summed E-state index contributed by atoms with van der Waals surface area (Å²) in [5, 5.41) is 2.74. The largest absolute Gasteiger partial charge is 0.497 e. The SMILES string of the molecule is COc1cccc(/C=C/C(=O)N(C)CC(=O)Nc2ccc3c(c2)OCO3)c1. The summed E-state index contributed by atoms with van der Waals surface area (Å²) in [7, 11) is 3.15. The van der Waals surface area contributed by atoms with E-state index in [0.717, 1.165) is 5.56 Å². The molecule has 0 radical (unpaired) electrons. The van der Waals surface area contributed by atoms with E-state index in [9.17, 15) is 9.59 Å². The molecule has 2 aromatic rings. The lowest BCUT2D eigenvalue weighted by Crippen LogP contribution is -2.33. The molecule has 0 aliphatic carbocycles. The van der Waals surface area contributed by atoms with E-state index in [1.807, 2.05) is 24.3 Å². The van der Waals surface area contributed by atoms with Gasteiger partial charge in [-0.3, -0.25) is 9.59 Å². The number of rotatable bonds is 6. The summed E-state index contributed by atoms with van der Waals surface area (Å²) in [4.78, 5) is 25.7. The Morgan fingerprint density at radius 1 is 1.19 bits per heavy atom. The Morgan fingerprint density at radius 2 is 2.00 bits per heavy atom. The number of fused-ring (bicyclic) bond motifs is 1. The van der Waals surface area contributed by atoms with Crippen molar-refractivity contribution in [2.24, 2.45) is 0 Å². The van der Waals surface area contributed by atoms with Crippen LogP contribution >= 0.6 is 0 Å². The molecule has 0 bridgehead atoms. The molecule has 0 atom stereocenters. The average molecular weight is 368 g/mol. The van der Waals surface area contributed by atoms with Crippen LogP contribution in [0.4, 0.5) is 5.69 Å². The van der Waals surface area contributed by atoms with E-state index < -0.39 is 0 Å². The monoisotopic (exact) mass is 368 g/mol. The Balaban J connectivity index is 1.54. The summed E-state index contributed by atoms with van der Waals surface area (Å²) in [6, 6.07) is 12.5. The standard InChI is InChI=1S/C20H20N2O5/c1-22(20(24)9-6-14-4-3-5-16(10-14)25-2)12-19(23)21-15-7-8-17-18(11-15)27-13-26-17/h3-11H,12-13H2,1-2H3,(H,21,23)/b9-6+. The van der Waals surface area contributed by atoms with Crippen LogP contribution in [0, 0.1) is 0 Å². The van der Waals surface area contributed by atoms with Gasteiger partial charge in [0.25, 0.3) is 0 Å². The lowest BCUT2D eigenvalue weighted by molar-refractivity contribution is -0.129. The van der Waals surface area contributed by atoms with Crippen molar-refractivity contribution < 1.29 is 23.8 Å². The van der Waals surface area contributed by atoms with Gasteiger partial charge in [-0.25, -0.2) is 0 Å². The van der Waals surface area contributed by atoms with Crippen molar-refractivity contribution in [3.8, 4) is 17.2 Å². The zero-order chi connectivity index (χ0) is 19.2. The third kappa shape index (κ3) is 4.78. The Kier molecular flexibility index (Phi) is 5.61. The van der Waals surface area contributed by atoms with Crippen molar-refractivity contribution in [3.05, 3.63) is 54.1 Å². The van der Waals surface area contributed by atoms with Crippen LogP contribution in [0.2, 0.25) is 0 Å². The molecule has 0 unspecified atom stereocenters. The Labute approximate surface area is 157 Å². The topological polar surface area (TPSA) is 77.1 Å². The molecule has 1 N–H and O–H groups in total. The first-order chi connectivity index (χ1) is 13.0. The third-order valence-corrected chi connectivity index (χ3v) is 3.93. The summed E-state index contributed by atoms with van der Waals surface area (Å²) in [5.41, 5.74) is 1.41. The minimum absolute atomic E-state index is 0.0737. The number of hydrogen-bond donors (Lipinski definition) is 1. The maximum atomic E-state index is 12.2. The molecule has 0 saturated carbocycles. The fourth-order valence-corrected chi connectivity index (χ4v) is 2.51. The van der Waals surface area contributed by atoms with Crippen molar-refractivity contribution >= 4 is 23.6 Å². The van der Waals surface area contributed by atoms with Crippen LogP contribution in [0.1, 0.15) is 5.56 Å². The lowest BCUT2D eigenvalue weighted by Gasteiger charge is -2.15. The molecule has 2 amide bonds. The highest BCUT2D eigenvalue weighted by Gasteiger charge is 2.15. The first-order valence-corrected chi connectivity index (χ1v) is 8.32. The number of anilines is 1. The van der Waals surface area contributed by atoms with Gasteiger partial charge in [0.1, 0.15) is 5.75 Å². The number of carbonyl (C=O) groups is 2. The van der Waals surface area contributed by atoms with Crippen molar-refractivity contribution in [1.29, 1.82) is 0 Å². The molecule has 27 heavy (non-hydrogen) atoms. The average Bonchev–Trinajstić information content (AvgIpc) is 3.13. The quantitative estimate of drug-likeness (QED) is 0.793. The van der Waals surface area contributed by atoms with Crippen LogP contribution in [0.5, 0.6) is 17.2 Å². The number of amides is 2. The minimum Gasteiger partial charge on any atom is -0.497 e. The van der Waals surface area contributed by atoms with Gasteiger partial charge in [-0.15, -0.1) is 0 Å². The van der Waals surface area contributed by atoms with Gasteiger partial charge in [-0.05, 0) is 35.9 Å². The molecule has 0 fully saturated rings. The maximum Gasteiger partial charge on any atom is 0.246 e. The highest BCUT2D eigenvalue weighted by atomic mass is 16.7. The first-order valence-electron chi connectivity index (χ1n) is 8.32. The molecule has 7 nitrogen and oxygen atoms in total. The van der Waals surface area contributed by atoms with Gasteiger partial charge in [-0.1, -0.05) is 12.1 Å². The van der Waals surface area contributed by atoms with Gasteiger partial charge in [0.05, 0.1) is 13.7 Å². The molecule has 0 saturated heterocycles. The minimum atomic E-state index is -0.306. The van der Waals surface area contributed by atoms with E-state index in [1.54, 1.807) is 38.4 Å². The van der Waals surface area contributed by atoms with Crippen molar-refractivity contribution in [3.63, 3.8) is 0 Å². The summed E-state index contributed by atoms with van der Waals surface area (Å²) in [6.07, 6.45) is 3.10. The van der Waals surface area contributed by atoms with Crippen LogP contribution in [0.15, 0.2) is 48.5 Å². The predicted molar refractivity (Wildman–Crippen MR) is 101 cm³/mol. The number of nitrogens with zero attached hydrogens (tertiary/aromatic N) is 1. The zero-order valence-electron chi connectivity index (χ0n) is 15.1. The first kappa shape index (κ1) is 18.3. The third-order valence-electron chi connectivity index (χ3n) is 3.93. The van der Waals surface area contributed by atoms with Crippen LogP contribution < -0.4 is 19.5 Å². The number of hydrogen-bond acceptors (Lipinski definition) is 5. The molecule has 1 heterocycles. The Morgan fingerprint density at radius 3 is 2.81 bits per heavy atom. The Bertz CT molecular complexity index is 878. The van der Waals surface area contributed by atoms with Gasteiger partial charge in [0.2, 0.25) is 18.6 Å². The summed E-state index contributed by atoms with van der Waals surface area (Å²) >= 11 is 0. The van der Waals surface area contributed by atoms with Crippen LogP contribution in [0.25, 0.3) is 6.08 Å².